The van der Waals surface area contributed by atoms with E-state index < -0.39 is 0 Å². The molecule has 1 aliphatic rings. The van der Waals surface area contributed by atoms with Crippen molar-refractivity contribution in [3.8, 4) is 0 Å². The van der Waals surface area contributed by atoms with Crippen LogP contribution in [0.4, 0.5) is 0 Å². The minimum atomic E-state index is -0.273. The van der Waals surface area contributed by atoms with E-state index in [1.807, 2.05) is 60.7 Å². The minimum absolute atomic E-state index is 0.219. The fourth-order valence-corrected chi connectivity index (χ4v) is 3.51. The second-order valence-electron chi connectivity index (χ2n) is 7.53. The first-order valence-electron chi connectivity index (χ1n) is 10.6. The highest BCUT2D eigenvalue weighted by Crippen LogP contribution is 2.22. The van der Waals surface area contributed by atoms with Crippen molar-refractivity contribution in [1.82, 2.24) is 0 Å². The van der Waals surface area contributed by atoms with Crippen molar-refractivity contribution in [3.05, 3.63) is 120 Å². The Bertz CT molecular complexity index is 912. The molecule has 1 aliphatic heterocycles. The first-order valence-corrected chi connectivity index (χ1v) is 10.6. The fourth-order valence-electron chi connectivity index (χ4n) is 3.51. The van der Waals surface area contributed by atoms with Gasteiger partial charge >= 0.3 is 0 Å². The summed E-state index contributed by atoms with van der Waals surface area (Å²) in [7, 11) is 0. The zero-order valence-electron chi connectivity index (χ0n) is 17.5. The molecule has 3 aromatic rings. The Morgan fingerprint density at radius 2 is 1.13 bits per heavy atom. The zero-order chi connectivity index (χ0) is 21.1. The standard InChI is InChI=1S/C27H28O4/c1-4-10-22(11-5-1)18-28-21-26-27(31-20-24-14-8-3-9-15-24)25(16-17-29-26)30-19-23-12-6-2-7-13-23/h1-17,25-27H,18-21H2/t25-,26?,27+/m1/s1. The molecule has 3 atom stereocenters. The molecule has 0 radical (unpaired) electrons. The highest BCUT2D eigenvalue weighted by molar-refractivity contribution is 5.15. The summed E-state index contributed by atoms with van der Waals surface area (Å²) in [6.07, 6.45) is 2.88. The van der Waals surface area contributed by atoms with Crippen LogP contribution in [0.25, 0.3) is 0 Å². The summed E-state index contributed by atoms with van der Waals surface area (Å²) in [5.74, 6) is 0. The molecule has 1 unspecified atom stereocenters. The number of hydrogen-bond donors (Lipinski definition) is 0. The maximum atomic E-state index is 6.30. The molecule has 0 bridgehead atoms. The van der Waals surface area contributed by atoms with Gasteiger partial charge in [0, 0.05) is 0 Å². The van der Waals surface area contributed by atoms with Crippen LogP contribution in [0.2, 0.25) is 0 Å². The Morgan fingerprint density at radius 1 is 0.613 bits per heavy atom. The SMILES string of the molecule is C1=C[C@@H](OCc2ccccc2)[C@H](OCc2ccccc2)C(COCc2ccccc2)O1. The third-order valence-electron chi connectivity index (χ3n) is 5.18. The molecule has 0 aromatic heterocycles. The molecule has 4 rings (SSSR count). The molecule has 0 fully saturated rings. The van der Waals surface area contributed by atoms with E-state index in [0.717, 1.165) is 16.7 Å². The highest BCUT2D eigenvalue weighted by Gasteiger charge is 2.34. The first kappa shape index (κ1) is 21.3. The predicted molar refractivity (Wildman–Crippen MR) is 120 cm³/mol. The van der Waals surface area contributed by atoms with E-state index in [1.165, 1.54) is 0 Å². The zero-order valence-corrected chi connectivity index (χ0v) is 17.5. The van der Waals surface area contributed by atoms with Crippen molar-refractivity contribution in [3.63, 3.8) is 0 Å². The van der Waals surface area contributed by atoms with Gasteiger partial charge in [0.15, 0.2) is 0 Å². The van der Waals surface area contributed by atoms with E-state index in [-0.39, 0.29) is 18.3 Å². The van der Waals surface area contributed by atoms with Crippen LogP contribution in [0.3, 0.4) is 0 Å². The van der Waals surface area contributed by atoms with Gasteiger partial charge in [-0.05, 0) is 22.8 Å². The molecule has 31 heavy (non-hydrogen) atoms. The smallest absolute Gasteiger partial charge is 0.150 e. The molecule has 0 N–H and O–H groups in total. The lowest BCUT2D eigenvalue weighted by atomic mass is 10.1. The Labute approximate surface area is 184 Å². The Hall–Kier alpha value is -2.92. The van der Waals surface area contributed by atoms with Gasteiger partial charge in [-0.25, -0.2) is 0 Å². The van der Waals surface area contributed by atoms with Crippen molar-refractivity contribution in [2.75, 3.05) is 6.61 Å². The van der Waals surface area contributed by atoms with Crippen LogP contribution in [0, 0.1) is 0 Å². The first-order chi connectivity index (χ1) is 15.4. The van der Waals surface area contributed by atoms with E-state index in [1.54, 1.807) is 6.26 Å². The maximum absolute atomic E-state index is 6.30. The van der Waals surface area contributed by atoms with Gasteiger partial charge < -0.3 is 18.9 Å². The normalized spacial score (nSPS) is 20.3. The maximum Gasteiger partial charge on any atom is 0.150 e. The number of rotatable bonds is 10. The Morgan fingerprint density at radius 3 is 1.71 bits per heavy atom. The van der Waals surface area contributed by atoms with E-state index in [2.05, 4.69) is 36.4 Å². The summed E-state index contributed by atoms with van der Waals surface area (Å²) in [5, 5.41) is 0. The van der Waals surface area contributed by atoms with Crippen molar-refractivity contribution >= 4 is 0 Å². The van der Waals surface area contributed by atoms with E-state index in [0.29, 0.717) is 26.4 Å². The summed E-state index contributed by atoms with van der Waals surface area (Å²) < 4.78 is 24.4. The van der Waals surface area contributed by atoms with Gasteiger partial charge in [0.2, 0.25) is 0 Å². The highest BCUT2D eigenvalue weighted by atomic mass is 16.6. The van der Waals surface area contributed by atoms with E-state index in [4.69, 9.17) is 18.9 Å². The molecule has 1 heterocycles. The van der Waals surface area contributed by atoms with Crippen molar-refractivity contribution in [1.29, 1.82) is 0 Å². The summed E-state index contributed by atoms with van der Waals surface area (Å²) in [6, 6.07) is 30.4. The summed E-state index contributed by atoms with van der Waals surface area (Å²) in [6.45, 7) is 1.96. The lowest BCUT2D eigenvalue weighted by Gasteiger charge is -2.34. The van der Waals surface area contributed by atoms with Gasteiger partial charge in [0.05, 0.1) is 32.7 Å². The minimum Gasteiger partial charge on any atom is -0.493 e. The molecule has 160 valence electrons. The van der Waals surface area contributed by atoms with Crippen LogP contribution in [0.15, 0.2) is 103 Å². The van der Waals surface area contributed by atoms with Crippen molar-refractivity contribution in [2.45, 2.75) is 38.1 Å². The monoisotopic (exact) mass is 416 g/mol. The summed E-state index contributed by atoms with van der Waals surface area (Å²) in [5.41, 5.74) is 3.37. The summed E-state index contributed by atoms with van der Waals surface area (Å²) in [4.78, 5) is 0. The second-order valence-corrected chi connectivity index (χ2v) is 7.53. The lowest BCUT2D eigenvalue weighted by Crippen LogP contribution is -2.45. The molecule has 0 aliphatic carbocycles. The molecular weight excluding hydrogens is 388 g/mol. The third-order valence-corrected chi connectivity index (χ3v) is 5.18. The molecule has 0 amide bonds. The molecule has 0 spiro atoms. The quantitative estimate of drug-likeness (QED) is 0.450. The fraction of sp³-hybridized carbons (Fsp3) is 0.259. The van der Waals surface area contributed by atoms with Gasteiger partial charge in [-0.2, -0.15) is 0 Å². The van der Waals surface area contributed by atoms with Crippen LogP contribution in [-0.4, -0.2) is 24.9 Å². The summed E-state index contributed by atoms with van der Waals surface area (Å²) >= 11 is 0. The van der Waals surface area contributed by atoms with Gasteiger partial charge in [0.1, 0.15) is 18.3 Å². The lowest BCUT2D eigenvalue weighted by molar-refractivity contribution is -0.147. The number of ether oxygens (including phenoxy) is 4. The van der Waals surface area contributed by atoms with E-state index in [9.17, 15) is 0 Å². The topological polar surface area (TPSA) is 36.9 Å². The van der Waals surface area contributed by atoms with Crippen LogP contribution in [0.5, 0.6) is 0 Å². The molecule has 4 nitrogen and oxygen atoms in total. The average Bonchev–Trinajstić information content (AvgIpc) is 2.84. The predicted octanol–water partition coefficient (Wildman–Crippen LogP) is 5.29. The molecular formula is C27H28O4. The van der Waals surface area contributed by atoms with Gasteiger partial charge in [-0.3, -0.25) is 0 Å². The third kappa shape index (κ3) is 6.53. The van der Waals surface area contributed by atoms with Crippen molar-refractivity contribution < 1.29 is 18.9 Å². The second kappa shape index (κ2) is 11.5. The van der Waals surface area contributed by atoms with Crippen LogP contribution >= 0.6 is 0 Å². The Kier molecular flexibility index (Phi) is 7.88. The number of hydrogen-bond acceptors (Lipinski definition) is 4. The van der Waals surface area contributed by atoms with Crippen LogP contribution in [0.1, 0.15) is 16.7 Å². The van der Waals surface area contributed by atoms with Gasteiger partial charge in [0.25, 0.3) is 0 Å². The molecule has 4 heteroatoms. The van der Waals surface area contributed by atoms with E-state index >= 15 is 0 Å². The van der Waals surface area contributed by atoms with Crippen LogP contribution in [-0.2, 0) is 38.8 Å². The number of benzene rings is 3. The average molecular weight is 417 g/mol. The molecule has 3 aromatic carbocycles. The molecule has 0 saturated carbocycles. The van der Waals surface area contributed by atoms with Crippen LogP contribution < -0.4 is 0 Å². The Balaban J connectivity index is 1.39. The molecule has 0 saturated heterocycles. The van der Waals surface area contributed by atoms with Gasteiger partial charge in [-0.1, -0.05) is 91.0 Å². The van der Waals surface area contributed by atoms with Gasteiger partial charge in [-0.15, -0.1) is 0 Å². The van der Waals surface area contributed by atoms with Crippen molar-refractivity contribution in [2.24, 2.45) is 0 Å². The largest absolute Gasteiger partial charge is 0.493 e.